The Morgan fingerprint density at radius 2 is 0.510 bits per heavy atom. The molecule has 0 N–H and O–H groups in total. The van der Waals surface area contributed by atoms with Crippen molar-refractivity contribution in [3.05, 3.63) is 0 Å². The quantitative estimate of drug-likeness (QED) is 0.0661. The number of rotatable bonds is 44. The third-order valence-corrected chi connectivity index (χ3v) is 6.64. The maximum Gasteiger partial charge on any atom is 0.305 e. The van der Waals surface area contributed by atoms with Crippen molar-refractivity contribution in [3.8, 4) is 0 Å². The van der Waals surface area contributed by atoms with Crippen LogP contribution in [-0.4, -0.2) is 171 Å². The van der Waals surface area contributed by atoms with E-state index in [1.165, 1.54) is 19.3 Å². The highest BCUT2D eigenvalue weighted by atomic mass is 16.6. The number of hydrogen-bond acceptors (Lipinski definition) is 15. The molecule has 0 aromatic rings. The van der Waals surface area contributed by atoms with Gasteiger partial charge in [0.1, 0.15) is 13.2 Å². The van der Waals surface area contributed by atoms with Gasteiger partial charge in [0.05, 0.1) is 145 Å². The first-order chi connectivity index (χ1) is 25.2. The van der Waals surface area contributed by atoms with Gasteiger partial charge in [-0.05, 0) is 12.8 Å². The summed E-state index contributed by atoms with van der Waals surface area (Å²) >= 11 is 0. The molecule has 0 atom stereocenters. The lowest BCUT2D eigenvalue weighted by molar-refractivity contribution is -0.146. The molecular formula is C36H70O15. The Hall–Kier alpha value is -1.50. The molecule has 0 aliphatic rings. The van der Waals surface area contributed by atoms with E-state index < -0.39 is 0 Å². The Labute approximate surface area is 306 Å². The number of carbonyl (C=O) groups is 2. The van der Waals surface area contributed by atoms with Crippen LogP contribution < -0.4 is 0 Å². The van der Waals surface area contributed by atoms with Crippen LogP contribution in [0.1, 0.15) is 65.2 Å². The summed E-state index contributed by atoms with van der Waals surface area (Å²) < 4.78 is 70.1. The Morgan fingerprint density at radius 1 is 0.275 bits per heavy atom. The Bertz CT molecular complexity index is 702. The van der Waals surface area contributed by atoms with Crippen LogP contribution in [0.25, 0.3) is 0 Å². The Morgan fingerprint density at radius 3 is 0.765 bits per heavy atom. The van der Waals surface area contributed by atoms with E-state index >= 15 is 0 Å². The van der Waals surface area contributed by atoms with Crippen LogP contribution in [0.15, 0.2) is 0 Å². The molecule has 51 heavy (non-hydrogen) atoms. The van der Waals surface area contributed by atoms with Crippen molar-refractivity contribution in [2.45, 2.75) is 65.2 Å². The second-order valence-electron chi connectivity index (χ2n) is 11.1. The minimum absolute atomic E-state index is 0.151. The molecule has 0 saturated carbocycles. The van der Waals surface area contributed by atoms with Crippen LogP contribution in [0.3, 0.4) is 0 Å². The highest BCUT2D eigenvalue weighted by Crippen LogP contribution is 2.05. The van der Waals surface area contributed by atoms with Crippen molar-refractivity contribution in [1.29, 1.82) is 0 Å². The Kier molecular flexibility index (Phi) is 43.3. The van der Waals surface area contributed by atoms with Gasteiger partial charge in [0.2, 0.25) is 0 Å². The van der Waals surface area contributed by atoms with Crippen LogP contribution in [0, 0.1) is 0 Å². The summed E-state index contributed by atoms with van der Waals surface area (Å²) in [5.74, 6) is -0.342. The van der Waals surface area contributed by atoms with Gasteiger partial charge in [-0.15, -0.1) is 0 Å². The monoisotopic (exact) mass is 742 g/mol. The molecule has 0 aromatic heterocycles. The van der Waals surface area contributed by atoms with E-state index in [-0.39, 0.29) is 25.2 Å². The minimum atomic E-state index is -0.191. The predicted octanol–water partition coefficient (Wildman–Crippen LogP) is 3.42. The third kappa shape index (κ3) is 44.6. The van der Waals surface area contributed by atoms with Gasteiger partial charge < -0.3 is 61.6 Å². The summed E-state index contributed by atoms with van der Waals surface area (Å²) in [7, 11) is 0. The number of esters is 2. The molecule has 304 valence electrons. The van der Waals surface area contributed by atoms with Crippen molar-refractivity contribution >= 4 is 11.9 Å². The fourth-order valence-corrected chi connectivity index (χ4v) is 3.95. The SMILES string of the molecule is CCCCCCCC(=O)OCCOCCOCCOCCOCCOCCOCCOCCOCCOCCOCCOCCOC(=O)CCC. The molecule has 0 radical (unpaired) electrons. The van der Waals surface area contributed by atoms with Crippen LogP contribution in [0.2, 0.25) is 0 Å². The molecule has 0 heterocycles. The summed E-state index contributed by atoms with van der Waals surface area (Å²) in [6.45, 7) is 15.0. The normalized spacial score (nSPS) is 11.3. The molecule has 0 aliphatic carbocycles. The average molecular weight is 743 g/mol. The van der Waals surface area contributed by atoms with Gasteiger partial charge in [0.15, 0.2) is 0 Å². The molecule has 0 amide bonds. The molecule has 0 bridgehead atoms. The number of hydrogen-bond donors (Lipinski definition) is 0. The van der Waals surface area contributed by atoms with E-state index in [9.17, 15) is 9.59 Å². The van der Waals surface area contributed by atoms with Crippen molar-refractivity contribution in [1.82, 2.24) is 0 Å². The number of unbranched alkanes of at least 4 members (excludes halogenated alkanes) is 4. The van der Waals surface area contributed by atoms with E-state index in [1.807, 2.05) is 6.92 Å². The standard InChI is InChI=1S/C36H70O15/c1-3-5-6-7-8-10-36(38)51-34-32-49-30-28-47-26-24-45-22-20-43-18-16-41-14-12-39-11-13-40-15-17-42-19-21-44-23-25-46-27-29-48-31-33-50-35(37)9-4-2/h3-34H2,1-2H3. The van der Waals surface area contributed by atoms with Crippen LogP contribution in [-0.2, 0) is 71.2 Å². The summed E-state index contributed by atoms with van der Waals surface area (Å²) in [6.07, 6.45) is 7.27. The van der Waals surface area contributed by atoms with Crippen molar-refractivity contribution in [2.24, 2.45) is 0 Å². The summed E-state index contributed by atoms with van der Waals surface area (Å²) in [5.41, 5.74) is 0. The van der Waals surface area contributed by atoms with E-state index in [4.69, 9.17) is 61.6 Å². The lowest BCUT2D eigenvalue weighted by atomic mass is 10.1. The third-order valence-electron chi connectivity index (χ3n) is 6.64. The zero-order valence-electron chi connectivity index (χ0n) is 31.8. The lowest BCUT2D eigenvalue weighted by Gasteiger charge is -2.09. The molecular weight excluding hydrogens is 672 g/mol. The molecule has 0 fully saturated rings. The number of carbonyl (C=O) groups excluding carboxylic acids is 2. The maximum absolute atomic E-state index is 11.6. The van der Waals surface area contributed by atoms with Gasteiger partial charge >= 0.3 is 11.9 Å². The van der Waals surface area contributed by atoms with Crippen molar-refractivity contribution < 1.29 is 71.2 Å². The molecule has 15 heteroatoms. The smallest absolute Gasteiger partial charge is 0.305 e. The first-order valence-corrected chi connectivity index (χ1v) is 18.9. The van der Waals surface area contributed by atoms with Crippen molar-refractivity contribution in [2.75, 3.05) is 159 Å². The second kappa shape index (κ2) is 44.7. The molecule has 0 aliphatic heterocycles. The van der Waals surface area contributed by atoms with Crippen LogP contribution >= 0.6 is 0 Å². The van der Waals surface area contributed by atoms with Gasteiger partial charge in [-0.3, -0.25) is 9.59 Å². The highest BCUT2D eigenvalue weighted by Gasteiger charge is 2.03. The fourth-order valence-electron chi connectivity index (χ4n) is 3.95. The minimum Gasteiger partial charge on any atom is -0.463 e. The number of ether oxygens (including phenoxy) is 13. The highest BCUT2D eigenvalue weighted by molar-refractivity contribution is 5.69. The molecule has 0 spiro atoms. The first kappa shape index (κ1) is 49.5. The van der Waals surface area contributed by atoms with Crippen LogP contribution in [0.5, 0.6) is 0 Å². The van der Waals surface area contributed by atoms with Gasteiger partial charge in [0, 0.05) is 12.8 Å². The van der Waals surface area contributed by atoms with E-state index in [0.717, 1.165) is 19.3 Å². The maximum atomic E-state index is 11.6. The van der Waals surface area contributed by atoms with E-state index in [2.05, 4.69) is 6.92 Å². The first-order valence-electron chi connectivity index (χ1n) is 18.9. The largest absolute Gasteiger partial charge is 0.463 e. The topological polar surface area (TPSA) is 154 Å². The summed E-state index contributed by atoms with van der Waals surface area (Å²) in [4.78, 5) is 22.8. The molecule has 15 nitrogen and oxygen atoms in total. The van der Waals surface area contributed by atoms with Gasteiger partial charge in [0.25, 0.3) is 0 Å². The zero-order chi connectivity index (χ0) is 37.0. The zero-order valence-corrected chi connectivity index (χ0v) is 31.8. The van der Waals surface area contributed by atoms with Crippen molar-refractivity contribution in [3.63, 3.8) is 0 Å². The summed E-state index contributed by atoms with van der Waals surface area (Å²) in [6, 6.07) is 0. The average Bonchev–Trinajstić information content (AvgIpc) is 3.13. The van der Waals surface area contributed by atoms with Gasteiger partial charge in [-0.1, -0.05) is 39.5 Å². The Balaban J connectivity index is 3.10. The lowest BCUT2D eigenvalue weighted by Crippen LogP contribution is -2.16. The molecule has 0 aromatic carbocycles. The second-order valence-corrected chi connectivity index (χ2v) is 11.1. The molecule has 0 rings (SSSR count). The fraction of sp³-hybridized carbons (Fsp3) is 0.944. The molecule has 0 saturated heterocycles. The predicted molar refractivity (Wildman–Crippen MR) is 189 cm³/mol. The summed E-state index contributed by atoms with van der Waals surface area (Å²) in [5, 5.41) is 0. The van der Waals surface area contributed by atoms with Crippen LogP contribution in [0.4, 0.5) is 0 Å². The molecule has 0 unspecified atom stereocenters. The van der Waals surface area contributed by atoms with Gasteiger partial charge in [-0.25, -0.2) is 0 Å². The van der Waals surface area contributed by atoms with Gasteiger partial charge in [-0.2, -0.15) is 0 Å². The van der Waals surface area contributed by atoms with E-state index in [0.29, 0.717) is 158 Å². The van der Waals surface area contributed by atoms with E-state index in [1.54, 1.807) is 0 Å².